The number of carbonyl (C=O) groups excluding carboxylic acids is 3. The highest BCUT2D eigenvalue weighted by Gasteiger charge is 2.80. The number of carbonyl (C=O) groups is 3. The molecule has 3 heterocycles. The maximum absolute atomic E-state index is 14.1. The van der Waals surface area contributed by atoms with E-state index in [1.54, 1.807) is 24.3 Å². The zero-order chi connectivity index (χ0) is 27.0. The smallest absolute Gasteiger partial charge is 0.245 e. The number of fused-ring (bicyclic) bond motifs is 1. The molecule has 1 spiro atoms. The number of aliphatic hydroxyl groups is 1. The number of hydrogen-bond acceptors (Lipinski definition) is 6. The highest BCUT2D eigenvalue weighted by atomic mass is 16.5. The van der Waals surface area contributed by atoms with Crippen LogP contribution in [0, 0.1) is 17.8 Å². The standard InChI is InChI=1S/C28H41N3O6/c1-6-9-14-29-25(34)23-28-15-17(4)27(5,37-28)21(22(28)26(35)31(23)19(7-2)16-32)24(33)30-18-10-12-20(13-11-18)36-8-3/h10-13,17,19,21-23,32H,6-9,14-16H2,1-5H3,(H,29,34)(H,30,33)/t17?,19-,21-,22-,23?,27+,28?/m0/s1. The second-order valence-electron chi connectivity index (χ2n) is 10.8. The number of likely N-dealkylation sites (tertiary alicyclic amines) is 1. The van der Waals surface area contributed by atoms with E-state index < -0.39 is 35.1 Å². The molecule has 1 aromatic carbocycles. The van der Waals surface area contributed by atoms with Gasteiger partial charge >= 0.3 is 0 Å². The topological polar surface area (TPSA) is 117 Å². The normalized spacial score (nSPS) is 32.8. The van der Waals surface area contributed by atoms with Gasteiger partial charge in [-0.1, -0.05) is 27.2 Å². The zero-order valence-corrected chi connectivity index (χ0v) is 22.6. The van der Waals surface area contributed by atoms with Gasteiger partial charge in [0.15, 0.2) is 0 Å². The molecule has 37 heavy (non-hydrogen) atoms. The largest absolute Gasteiger partial charge is 0.494 e. The molecule has 9 nitrogen and oxygen atoms in total. The molecule has 0 aromatic heterocycles. The van der Waals surface area contributed by atoms with Gasteiger partial charge < -0.3 is 30.1 Å². The first-order valence-electron chi connectivity index (χ1n) is 13.6. The van der Waals surface area contributed by atoms with Crippen LogP contribution in [-0.4, -0.2) is 70.8 Å². The Labute approximate surface area is 219 Å². The SMILES string of the molecule is CCCCNC(=O)C1N([C@@H](CC)CO)C(=O)[C@@H]2[C@@H](C(=O)Nc3ccc(OCC)cc3)[C@]3(C)OC12CC3C. The van der Waals surface area contributed by atoms with Crippen molar-refractivity contribution in [3.8, 4) is 5.75 Å². The molecule has 3 fully saturated rings. The Kier molecular flexibility index (Phi) is 7.85. The number of aliphatic hydroxyl groups excluding tert-OH is 1. The summed E-state index contributed by atoms with van der Waals surface area (Å²) in [6.07, 6.45) is 2.73. The summed E-state index contributed by atoms with van der Waals surface area (Å²) in [5.41, 5.74) is -1.42. The lowest BCUT2D eigenvalue weighted by atomic mass is 9.62. The van der Waals surface area contributed by atoms with Crippen molar-refractivity contribution in [2.24, 2.45) is 17.8 Å². The maximum Gasteiger partial charge on any atom is 0.245 e. The molecule has 1 aromatic rings. The highest BCUT2D eigenvalue weighted by molar-refractivity contribution is 6.02. The number of nitrogens with zero attached hydrogens (tertiary/aromatic N) is 1. The first kappa shape index (κ1) is 27.4. The first-order valence-corrected chi connectivity index (χ1v) is 13.6. The van der Waals surface area contributed by atoms with Gasteiger partial charge in [0, 0.05) is 12.2 Å². The Morgan fingerprint density at radius 3 is 2.51 bits per heavy atom. The average molecular weight is 516 g/mol. The van der Waals surface area contributed by atoms with Crippen molar-refractivity contribution in [1.29, 1.82) is 0 Å². The zero-order valence-electron chi connectivity index (χ0n) is 22.6. The van der Waals surface area contributed by atoms with Gasteiger partial charge in [0.2, 0.25) is 17.7 Å². The Morgan fingerprint density at radius 2 is 1.92 bits per heavy atom. The van der Waals surface area contributed by atoms with E-state index in [0.29, 0.717) is 37.4 Å². The average Bonchev–Trinajstić information content (AvgIpc) is 3.38. The maximum atomic E-state index is 14.1. The third-order valence-electron chi connectivity index (χ3n) is 8.62. The summed E-state index contributed by atoms with van der Waals surface area (Å²) < 4.78 is 12.2. The molecule has 3 aliphatic heterocycles. The Hall–Kier alpha value is -2.65. The summed E-state index contributed by atoms with van der Waals surface area (Å²) in [6, 6.07) is 5.68. The molecule has 3 amide bonds. The molecule has 0 radical (unpaired) electrons. The predicted molar refractivity (Wildman–Crippen MR) is 139 cm³/mol. The molecule has 204 valence electrons. The van der Waals surface area contributed by atoms with Crippen molar-refractivity contribution >= 4 is 23.4 Å². The van der Waals surface area contributed by atoms with Gasteiger partial charge in [-0.25, -0.2) is 0 Å². The van der Waals surface area contributed by atoms with Crippen LogP contribution in [0.25, 0.3) is 0 Å². The first-order chi connectivity index (χ1) is 17.7. The van der Waals surface area contributed by atoms with Crippen LogP contribution in [0.4, 0.5) is 5.69 Å². The lowest BCUT2D eigenvalue weighted by molar-refractivity contribution is -0.149. The van der Waals surface area contributed by atoms with Crippen molar-refractivity contribution in [3.05, 3.63) is 24.3 Å². The van der Waals surface area contributed by atoms with Gasteiger partial charge in [-0.3, -0.25) is 14.4 Å². The lowest BCUT2D eigenvalue weighted by Gasteiger charge is -2.36. The second-order valence-corrected chi connectivity index (χ2v) is 10.8. The van der Waals surface area contributed by atoms with Gasteiger partial charge in [-0.05, 0) is 63.3 Å². The summed E-state index contributed by atoms with van der Waals surface area (Å²) in [6.45, 7) is 10.5. The Balaban J connectivity index is 1.69. The van der Waals surface area contributed by atoms with E-state index >= 15 is 0 Å². The molecule has 7 atom stereocenters. The van der Waals surface area contributed by atoms with E-state index in [4.69, 9.17) is 9.47 Å². The van der Waals surface area contributed by atoms with Crippen LogP contribution in [0.1, 0.15) is 60.3 Å². The van der Waals surface area contributed by atoms with E-state index in [1.807, 2.05) is 34.6 Å². The number of unbranched alkanes of at least 4 members (excludes halogenated alkanes) is 1. The van der Waals surface area contributed by atoms with Gasteiger partial charge in [0.05, 0.1) is 36.7 Å². The van der Waals surface area contributed by atoms with Crippen molar-refractivity contribution in [2.75, 3.05) is 25.1 Å². The quantitative estimate of drug-likeness (QED) is 0.390. The van der Waals surface area contributed by atoms with Crippen molar-refractivity contribution in [1.82, 2.24) is 10.2 Å². The minimum absolute atomic E-state index is 0.0484. The van der Waals surface area contributed by atoms with Crippen LogP contribution in [-0.2, 0) is 19.1 Å². The molecule has 2 bridgehead atoms. The summed E-state index contributed by atoms with van der Waals surface area (Å²) in [5, 5.41) is 16.1. The second kappa shape index (κ2) is 10.6. The van der Waals surface area contributed by atoms with E-state index in [-0.39, 0.29) is 30.2 Å². The van der Waals surface area contributed by atoms with Gasteiger partial charge in [0.25, 0.3) is 0 Å². The summed E-state index contributed by atoms with van der Waals surface area (Å²) in [4.78, 5) is 43.0. The minimum Gasteiger partial charge on any atom is -0.494 e. The van der Waals surface area contributed by atoms with Gasteiger partial charge in [-0.2, -0.15) is 0 Å². The number of ether oxygens (including phenoxy) is 2. The molecule has 3 N–H and O–H groups in total. The highest BCUT2D eigenvalue weighted by Crippen LogP contribution is 2.65. The summed E-state index contributed by atoms with van der Waals surface area (Å²) in [7, 11) is 0. The Bertz CT molecular complexity index is 1010. The van der Waals surface area contributed by atoms with Crippen LogP contribution in [0.15, 0.2) is 24.3 Å². The minimum atomic E-state index is -1.12. The number of benzene rings is 1. The van der Waals surface area contributed by atoms with E-state index in [0.717, 1.165) is 12.8 Å². The molecule has 4 rings (SSSR count). The number of amides is 3. The van der Waals surface area contributed by atoms with Crippen molar-refractivity contribution in [2.45, 2.75) is 83.6 Å². The molecule has 3 unspecified atom stereocenters. The molecule has 0 aliphatic carbocycles. The van der Waals surface area contributed by atoms with Crippen LogP contribution in [0.5, 0.6) is 5.75 Å². The number of rotatable bonds is 11. The fourth-order valence-corrected chi connectivity index (χ4v) is 6.69. The van der Waals surface area contributed by atoms with Crippen LogP contribution >= 0.6 is 0 Å². The van der Waals surface area contributed by atoms with E-state index in [9.17, 15) is 19.5 Å². The monoisotopic (exact) mass is 515 g/mol. The summed E-state index contributed by atoms with van der Waals surface area (Å²) in [5.74, 6) is -1.80. The number of hydrogen-bond donors (Lipinski definition) is 3. The summed E-state index contributed by atoms with van der Waals surface area (Å²) >= 11 is 0. The van der Waals surface area contributed by atoms with Crippen LogP contribution in [0.3, 0.4) is 0 Å². The van der Waals surface area contributed by atoms with E-state index in [2.05, 4.69) is 10.6 Å². The fraction of sp³-hybridized carbons (Fsp3) is 0.679. The molecule has 3 saturated heterocycles. The fourth-order valence-electron chi connectivity index (χ4n) is 6.69. The van der Waals surface area contributed by atoms with Gasteiger partial charge in [0.1, 0.15) is 17.4 Å². The third-order valence-corrected chi connectivity index (χ3v) is 8.62. The third kappa shape index (κ3) is 4.40. The predicted octanol–water partition coefficient (Wildman–Crippen LogP) is 2.72. The van der Waals surface area contributed by atoms with Crippen molar-refractivity contribution < 1.29 is 29.0 Å². The van der Waals surface area contributed by atoms with Crippen LogP contribution in [0.2, 0.25) is 0 Å². The number of anilines is 1. The van der Waals surface area contributed by atoms with Gasteiger partial charge in [-0.15, -0.1) is 0 Å². The Morgan fingerprint density at radius 1 is 1.22 bits per heavy atom. The van der Waals surface area contributed by atoms with Crippen LogP contribution < -0.4 is 15.4 Å². The molecular weight excluding hydrogens is 474 g/mol. The van der Waals surface area contributed by atoms with E-state index in [1.165, 1.54) is 4.90 Å². The lowest BCUT2D eigenvalue weighted by Crippen LogP contribution is -2.58. The molecular formula is C28H41N3O6. The van der Waals surface area contributed by atoms with Crippen molar-refractivity contribution in [3.63, 3.8) is 0 Å². The number of nitrogens with one attached hydrogen (secondary N) is 2. The molecule has 9 heteroatoms. The molecule has 3 aliphatic rings. The molecule has 0 saturated carbocycles.